The van der Waals surface area contributed by atoms with Crippen LogP contribution in [0.3, 0.4) is 0 Å². The van der Waals surface area contributed by atoms with Gasteiger partial charge in [0.15, 0.2) is 0 Å². The highest BCUT2D eigenvalue weighted by Crippen LogP contribution is 2.40. The Kier molecular flexibility index (Phi) is 4.45. The first-order valence-corrected chi connectivity index (χ1v) is 8.71. The number of nitrogens with zero attached hydrogens (tertiary/aromatic N) is 4. The lowest BCUT2D eigenvalue weighted by Crippen LogP contribution is -2.48. The third-order valence-corrected chi connectivity index (χ3v) is 5.08. The molecule has 23 heavy (non-hydrogen) atoms. The number of amides is 1. The lowest BCUT2D eigenvalue weighted by atomic mass is 9.93. The number of hydrogen-bond donors (Lipinski definition) is 0. The molecule has 0 radical (unpaired) electrons. The smallest absolute Gasteiger partial charge is 0.249 e. The van der Waals surface area contributed by atoms with Crippen LogP contribution >= 0.6 is 0 Å². The average molecular weight is 320 g/mol. The Hall–Kier alpha value is -1.43. The van der Waals surface area contributed by atoms with Crippen LogP contribution in [0.15, 0.2) is 6.20 Å². The third-order valence-electron chi connectivity index (χ3n) is 5.08. The maximum absolute atomic E-state index is 12.4. The number of fused-ring (bicyclic) bond motifs is 2. The first-order chi connectivity index (χ1) is 10.9. The molecule has 0 N–H and O–H groups in total. The molecule has 0 saturated carbocycles. The number of aromatic nitrogens is 3. The minimum Gasteiger partial charge on any atom is -0.372 e. The van der Waals surface area contributed by atoms with E-state index in [9.17, 15) is 4.79 Å². The molecule has 0 aliphatic carbocycles. The molecule has 0 aromatic carbocycles. The van der Waals surface area contributed by atoms with Crippen LogP contribution in [-0.4, -0.2) is 51.1 Å². The van der Waals surface area contributed by atoms with Gasteiger partial charge in [-0.15, -0.1) is 5.10 Å². The van der Waals surface area contributed by atoms with Gasteiger partial charge < -0.3 is 9.64 Å². The lowest BCUT2D eigenvalue weighted by molar-refractivity contribution is -0.141. The molecule has 2 unspecified atom stereocenters. The van der Waals surface area contributed by atoms with Crippen molar-refractivity contribution in [3.05, 3.63) is 11.9 Å². The molecule has 2 fully saturated rings. The molecular weight excluding hydrogens is 292 g/mol. The molecule has 3 heterocycles. The Morgan fingerprint density at radius 2 is 1.91 bits per heavy atom. The van der Waals surface area contributed by atoms with Crippen molar-refractivity contribution in [2.24, 2.45) is 0 Å². The number of carbonyl (C=O) groups is 1. The molecule has 0 spiro atoms. The predicted octanol–water partition coefficient (Wildman–Crippen LogP) is 2.31. The molecule has 2 saturated heterocycles. The summed E-state index contributed by atoms with van der Waals surface area (Å²) in [6, 6.07) is 1.01. The van der Waals surface area contributed by atoms with Gasteiger partial charge in [-0.1, -0.05) is 26.0 Å². The maximum Gasteiger partial charge on any atom is 0.249 e. The van der Waals surface area contributed by atoms with Gasteiger partial charge in [0.05, 0.1) is 11.7 Å². The van der Waals surface area contributed by atoms with Gasteiger partial charge in [-0.3, -0.25) is 4.79 Å². The van der Waals surface area contributed by atoms with Crippen molar-refractivity contribution in [2.45, 2.75) is 76.9 Å². The van der Waals surface area contributed by atoms with Gasteiger partial charge in [-0.2, -0.15) is 0 Å². The highest BCUT2D eigenvalue weighted by Gasteiger charge is 2.44. The second-order valence-electron chi connectivity index (χ2n) is 7.78. The van der Waals surface area contributed by atoms with Crippen LogP contribution in [0.4, 0.5) is 0 Å². The SMILES string of the molecule is CCOCC(=O)N1C2CCC1CC(n1cc(C(C)(C)C)nn1)C2. The summed E-state index contributed by atoms with van der Waals surface area (Å²) in [4.78, 5) is 14.4. The summed E-state index contributed by atoms with van der Waals surface area (Å²) in [7, 11) is 0. The Balaban J connectivity index is 1.69. The van der Waals surface area contributed by atoms with Crippen molar-refractivity contribution in [1.29, 1.82) is 0 Å². The van der Waals surface area contributed by atoms with Crippen molar-refractivity contribution >= 4 is 5.91 Å². The van der Waals surface area contributed by atoms with E-state index in [-0.39, 0.29) is 17.9 Å². The van der Waals surface area contributed by atoms with E-state index in [1.807, 2.05) is 11.6 Å². The van der Waals surface area contributed by atoms with E-state index in [4.69, 9.17) is 4.74 Å². The van der Waals surface area contributed by atoms with E-state index < -0.39 is 0 Å². The molecule has 1 amide bonds. The fourth-order valence-corrected chi connectivity index (χ4v) is 3.83. The Morgan fingerprint density at radius 3 is 2.43 bits per heavy atom. The zero-order valence-corrected chi connectivity index (χ0v) is 14.7. The molecule has 2 aliphatic rings. The fourth-order valence-electron chi connectivity index (χ4n) is 3.83. The standard InChI is InChI=1S/C17H28N4O2/c1-5-23-11-16(22)21-12-6-7-13(21)9-14(8-12)20-10-15(18-19-20)17(2,3)4/h10,12-14H,5-9,11H2,1-4H3. The van der Waals surface area contributed by atoms with Gasteiger partial charge in [0.1, 0.15) is 6.61 Å². The summed E-state index contributed by atoms with van der Waals surface area (Å²) in [6.45, 7) is 9.18. The van der Waals surface area contributed by atoms with Crippen LogP contribution in [0.25, 0.3) is 0 Å². The molecule has 1 aromatic heterocycles. The molecule has 1 aromatic rings. The van der Waals surface area contributed by atoms with E-state index in [2.05, 4.69) is 42.2 Å². The van der Waals surface area contributed by atoms with E-state index >= 15 is 0 Å². The number of piperidine rings is 1. The van der Waals surface area contributed by atoms with Crippen molar-refractivity contribution in [3.8, 4) is 0 Å². The van der Waals surface area contributed by atoms with Crippen molar-refractivity contribution in [3.63, 3.8) is 0 Å². The molecule has 6 nitrogen and oxygen atoms in total. The first-order valence-electron chi connectivity index (χ1n) is 8.71. The van der Waals surface area contributed by atoms with Gasteiger partial charge in [0, 0.05) is 30.3 Å². The second kappa shape index (κ2) is 6.23. The number of ether oxygens (including phenoxy) is 1. The summed E-state index contributed by atoms with van der Waals surface area (Å²) in [5, 5.41) is 8.70. The highest BCUT2D eigenvalue weighted by molar-refractivity contribution is 5.78. The Bertz CT molecular complexity index is 549. The summed E-state index contributed by atoms with van der Waals surface area (Å²) in [6.07, 6.45) is 6.23. The van der Waals surface area contributed by atoms with E-state index in [1.54, 1.807) is 0 Å². The largest absolute Gasteiger partial charge is 0.372 e. The van der Waals surface area contributed by atoms with Gasteiger partial charge in [0.25, 0.3) is 0 Å². The topological polar surface area (TPSA) is 60.2 Å². The summed E-state index contributed by atoms with van der Waals surface area (Å²) >= 11 is 0. The van der Waals surface area contributed by atoms with Crippen LogP contribution in [0.2, 0.25) is 0 Å². The molecule has 6 heteroatoms. The first kappa shape index (κ1) is 16.4. The van der Waals surface area contributed by atoms with E-state index in [1.165, 1.54) is 0 Å². The van der Waals surface area contributed by atoms with Crippen molar-refractivity contribution < 1.29 is 9.53 Å². The normalized spacial score (nSPS) is 27.5. The summed E-state index contributed by atoms with van der Waals surface area (Å²) < 4.78 is 7.33. The minimum atomic E-state index is 0.0192. The summed E-state index contributed by atoms with van der Waals surface area (Å²) in [5.74, 6) is 0.145. The van der Waals surface area contributed by atoms with Crippen LogP contribution in [0, 0.1) is 0 Å². The number of hydrogen-bond acceptors (Lipinski definition) is 4. The lowest BCUT2D eigenvalue weighted by Gasteiger charge is -2.38. The fraction of sp³-hybridized carbons (Fsp3) is 0.824. The van der Waals surface area contributed by atoms with Crippen LogP contribution in [0.1, 0.15) is 65.1 Å². The number of rotatable bonds is 4. The van der Waals surface area contributed by atoms with Gasteiger partial charge in [0.2, 0.25) is 5.91 Å². The molecular formula is C17H28N4O2. The van der Waals surface area contributed by atoms with Crippen LogP contribution < -0.4 is 0 Å². The second-order valence-corrected chi connectivity index (χ2v) is 7.78. The quantitative estimate of drug-likeness (QED) is 0.854. The Labute approximate surface area is 138 Å². The molecule has 128 valence electrons. The third kappa shape index (κ3) is 3.27. The van der Waals surface area contributed by atoms with Crippen molar-refractivity contribution in [2.75, 3.05) is 13.2 Å². The number of carbonyl (C=O) groups excluding carboxylic acids is 1. The van der Waals surface area contributed by atoms with Crippen molar-refractivity contribution in [1.82, 2.24) is 19.9 Å². The highest BCUT2D eigenvalue weighted by atomic mass is 16.5. The predicted molar refractivity (Wildman–Crippen MR) is 87.1 cm³/mol. The minimum absolute atomic E-state index is 0.0192. The molecule has 3 rings (SSSR count). The zero-order valence-electron chi connectivity index (χ0n) is 14.7. The van der Waals surface area contributed by atoms with E-state index in [0.717, 1.165) is 31.4 Å². The Morgan fingerprint density at radius 1 is 1.26 bits per heavy atom. The molecule has 2 atom stereocenters. The summed E-state index contributed by atoms with van der Waals surface area (Å²) in [5.41, 5.74) is 1.05. The van der Waals surface area contributed by atoms with Gasteiger partial charge >= 0.3 is 0 Å². The van der Waals surface area contributed by atoms with Gasteiger partial charge in [-0.05, 0) is 32.6 Å². The molecule has 2 aliphatic heterocycles. The average Bonchev–Trinajstić information content (AvgIpc) is 3.08. The van der Waals surface area contributed by atoms with E-state index in [0.29, 0.717) is 24.7 Å². The van der Waals surface area contributed by atoms with Gasteiger partial charge in [-0.25, -0.2) is 4.68 Å². The van der Waals surface area contributed by atoms with Crippen LogP contribution in [0.5, 0.6) is 0 Å². The monoisotopic (exact) mass is 320 g/mol. The zero-order chi connectivity index (χ0) is 16.6. The van der Waals surface area contributed by atoms with Crippen LogP contribution in [-0.2, 0) is 14.9 Å². The molecule has 2 bridgehead atoms. The maximum atomic E-state index is 12.4.